The van der Waals surface area contributed by atoms with Crippen molar-refractivity contribution in [3.8, 4) is 0 Å². The summed E-state index contributed by atoms with van der Waals surface area (Å²) in [6.45, 7) is 2.68. The molecule has 0 spiro atoms. The summed E-state index contributed by atoms with van der Waals surface area (Å²) in [4.78, 5) is 13.0. The number of rotatable bonds is 5. The summed E-state index contributed by atoms with van der Waals surface area (Å²) in [5, 5.41) is 10.8. The first-order valence-electron chi connectivity index (χ1n) is 11.5. The van der Waals surface area contributed by atoms with Crippen LogP contribution < -0.4 is 39.2 Å². The number of aryl methyl sites for hydroxylation is 3. The van der Waals surface area contributed by atoms with Crippen LogP contribution in [-0.4, -0.2) is 43.9 Å². The first-order chi connectivity index (χ1) is 15.9. The van der Waals surface area contributed by atoms with Crippen molar-refractivity contribution in [2.24, 2.45) is 0 Å². The Morgan fingerprint density at radius 3 is 2.35 bits per heavy atom. The van der Waals surface area contributed by atoms with Crippen LogP contribution in [-0.2, 0) is 40.6 Å². The van der Waals surface area contributed by atoms with E-state index in [1.54, 1.807) is 12.3 Å². The minimum Gasteiger partial charge on any atom is -0.423 e. The van der Waals surface area contributed by atoms with Gasteiger partial charge in [-0.05, 0) is 97.9 Å². The van der Waals surface area contributed by atoms with Crippen molar-refractivity contribution in [3.05, 3.63) is 50.9 Å². The predicted octanol–water partition coefficient (Wildman–Crippen LogP) is 0.602. The van der Waals surface area contributed by atoms with E-state index in [0.717, 1.165) is 65.2 Å². The van der Waals surface area contributed by atoms with Crippen molar-refractivity contribution >= 4 is 27.7 Å². The van der Waals surface area contributed by atoms with Gasteiger partial charge in [0.1, 0.15) is 0 Å². The summed E-state index contributed by atoms with van der Waals surface area (Å²) in [6, 6.07) is 2.63. The van der Waals surface area contributed by atoms with E-state index >= 15 is 0 Å². The van der Waals surface area contributed by atoms with Crippen molar-refractivity contribution in [2.75, 3.05) is 22.8 Å². The van der Waals surface area contributed by atoms with Gasteiger partial charge in [0.05, 0.1) is 12.2 Å². The molecule has 1 N–H and O–H groups in total. The average molecular weight is 494 g/mol. The first kappa shape index (κ1) is 25.4. The second-order valence-electron chi connectivity index (χ2n) is 8.96. The molecule has 2 aromatic rings. The molecule has 0 bridgehead atoms. The molecule has 0 saturated carbocycles. The van der Waals surface area contributed by atoms with Crippen molar-refractivity contribution < 1.29 is 47.5 Å². The molecular weight excluding hydrogens is 465 g/mol. The molecule has 1 saturated heterocycles. The molecule has 9 nitrogen and oxygen atoms in total. The van der Waals surface area contributed by atoms with Crippen LogP contribution in [0.15, 0.2) is 18.3 Å². The van der Waals surface area contributed by atoms with Crippen LogP contribution in [0.3, 0.4) is 0 Å². The Hall–Kier alpha value is -1.72. The smallest absolute Gasteiger partial charge is 0.423 e. The van der Waals surface area contributed by atoms with Gasteiger partial charge in [0, 0.05) is 13.2 Å². The molecule has 1 fully saturated rings. The van der Waals surface area contributed by atoms with Crippen molar-refractivity contribution in [2.45, 2.75) is 64.3 Å². The van der Waals surface area contributed by atoms with Gasteiger partial charge in [-0.25, -0.2) is 12.7 Å². The number of benzene rings is 1. The third-order valence-corrected chi connectivity index (χ3v) is 8.06. The second-order valence-corrected chi connectivity index (χ2v) is 10.4. The van der Waals surface area contributed by atoms with Crippen molar-refractivity contribution in [1.29, 1.82) is 0 Å². The minimum atomic E-state index is -4.35. The molecule has 0 radical (unpaired) electrons. The van der Waals surface area contributed by atoms with Crippen molar-refractivity contribution in [1.82, 2.24) is 10.2 Å². The number of fused-ring (bicyclic) bond motifs is 2. The summed E-state index contributed by atoms with van der Waals surface area (Å²) < 4.78 is 37.0. The largest absolute Gasteiger partial charge is 1.00 e. The topological polar surface area (TPSA) is 116 Å². The number of carbonyl (C=O) groups is 1. The molecule has 34 heavy (non-hydrogen) atoms. The Bertz CT molecular complexity index is 1150. The van der Waals surface area contributed by atoms with E-state index in [4.69, 9.17) is 4.74 Å². The maximum Gasteiger partial charge on any atom is 1.00 e. The number of hydrogen-bond acceptors (Lipinski definition) is 6. The Morgan fingerprint density at radius 2 is 1.74 bits per heavy atom. The fourth-order valence-electron chi connectivity index (χ4n) is 5.22. The molecule has 0 unspecified atom stereocenters. The predicted molar refractivity (Wildman–Crippen MR) is 125 cm³/mol. The van der Waals surface area contributed by atoms with Gasteiger partial charge in [-0.2, -0.15) is 5.10 Å². The van der Waals surface area contributed by atoms with Crippen LogP contribution in [0.2, 0.25) is 0 Å². The Labute approximate surface area is 222 Å². The molecule has 176 valence electrons. The van der Waals surface area contributed by atoms with Gasteiger partial charge in [0.25, 0.3) is 10.2 Å². The number of hydrogen-bond donors (Lipinski definition) is 1. The minimum absolute atomic E-state index is 0. The van der Waals surface area contributed by atoms with Crippen LogP contribution in [0.1, 0.15) is 53.5 Å². The zero-order valence-electron chi connectivity index (χ0n) is 19.7. The molecule has 2 heterocycles. The van der Waals surface area contributed by atoms with Crippen LogP contribution >= 0.6 is 0 Å². The molecule has 2 amide bonds. The van der Waals surface area contributed by atoms with Crippen LogP contribution in [0.5, 0.6) is 0 Å². The number of anilines is 2. The summed E-state index contributed by atoms with van der Waals surface area (Å²) in [7, 11) is -4.35. The average Bonchev–Trinajstić information content (AvgIpc) is 3.43. The Kier molecular flexibility index (Phi) is 7.83. The fraction of sp³-hybridized carbons (Fsp3) is 0.522. The maximum atomic E-state index is 13.4. The van der Waals surface area contributed by atoms with Gasteiger partial charge >= 0.3 is 29.6 Å². The standard InChI is InChI=1S/C23H29N5O4S.Na/c1-15-12-21(26-24-14-15)28(18-8-10-32-11-9-18)33(30,31)27-23(29)25-22-19-6-2-4-16(19)13-17-5-3-7-20(17)22;/h12-14,18H,2-11H2,1H3,(H2,25,27,29);/q;+1/p-1. The molecule has 1 aromatic heterocycles. The van der Waals surface area contributed by atoms with Gasteiger partial charge in [0.2, 0.25) is 0 Å². The quantitative estimate of drug-likeness (QED) is 0.610. The molecule has 2 aliphatic carbocycles. The van der Waals surface area contributed by atoms with E-state index in [0.29, 0.717) is 26.1 Å². The number of aromatic nitrogens is 2. The number of nitrogens with zero attached hydrogens (tertiary/aromatic N) is 4. The van der Waals surface area contributed by atoms with Crippen molar-refractivity contribution in [3.63, 3.8) is 0 Å². The van der Waals surface area contributed by atoms with Crippen LogP contribution in [0.4, 0.5) is 16.3 Å². The molecule has 1 aliphatic heterocycles. The SMILES string of the molecule is Cc1cnnc(N(C2CCOCC2)S(=O)(=O)[N-]C(=O)Nc2c3c(cc4c2CCC4)CCC3)c1.[Na+]. The van der Waals surface area contributed by atoms with Gasteiger partial charge in [-0.1, -0.05) is 6.07 Å². The number of ether oxygens (including phenoxy) is 1. The number of nitrogens with one attached hydrogen (secondary N) is 1. The summed E-state index contributed by atoms with van der Waals surface area (Å²) in [5.74, 6) is 0.167. The van der Waals surface area contributed by atoms with E-state index in [2.05, 4.69) is 26.3 Å². The van der Waals surface area contributed by atoms with E-state index < -0.39 is 22.3 Å². The second kappa shape index (κ2) is 10.5. The third-order valence-electron chi connectivity index (χ3n) is 6.68. The van der Waals surface area contributed by atoms with Crippen LogP contribution in [0.25, 0.3) is 4.72 Å². The van der Waals surface area contributed by atoms with Gasteiger partial charge in [-0.3, -0.25) is 4.79 Å². The zero-order valence-corrected chi connectivity index (χ0v) is 22.5. The zero-order chi connectivity index (χ0) is 23.0. The number of amides is 2. The Morgan fingerprint density at radius 1 is 1.09 bits per heavy atom. The monoisotopic (exact) mass is 493 g/mol. The number of urea groups is 1. The fourth-order valence-corrected chi connectivity index (χ4v) is 6.47. The van der Waals surface area contributed by atoms with Gasteiger partial charge in [-0.15, -0.1) is 5.10 Å². The van der Waals surface area contributed by atoms with Gasteiger partial charge in [0.15, 0.2) is 11.8 Å². The normalized spacial score (nSPS) is 17.4. The molecule has 11 heteroatoms. The molecule has 0 atom stereocenters. The van der Waals surface area contributed by atoms with E-state index in [1.165, 1.54) is 11.1 Å². The summed E-state index contributed by atoms with van der Waals surface area (Å²) in [5.41, 5.74) is 6.31. The van der Waals surface area contributed by atoms with Gasteiger partial charge < -0.3 is 14.8 Å². The Balaban J connectivity index is 0.00000274. The number of carbonyl (C=O) groups excluding carboxylic acids is 1. The summed E-state index contributed by atoms with van der Waals surface area (Å²) in [6.07, 6.45) is 8.38. The first-order valence-corrected chi connectivity index (χ1v) is 12.9. The molecular formula is C23H28N5NaO4S. The van der Waals surface area contributed by atoms with E-state index in [1.807, 2.05) is 6.92 Å². The molecule has 1 aromatic carbocycles. The van der Waals surface area contributed by atoms with E-state index in [9.17, 15) is 13.2 Å². The van der Waals surface area contributed by atoms with E-state index in [-0.39, 0.29) is 35.4 Å². The maximum absolute atomic E-state index is 13.4. The van der Waals surface area contributed by atoms with Crippen LogP contribution in [0, 0.1) is 6.92 Å². The molecule has 5 rings (SSSR count). The third kappa shape index (κ3) is 5.11. The molecule has 3 aliphatic rings. The summed E-state index contributed by atoms with van der Waals surface area (Å²) >= 11 is 0.